The fraction of sp³-hybridized carbons (Fsp3) is 0.526. The number of nitrogens with zero attached hydrogens (tertiary/aromatic N) is 2. The molecule has 0 aliphatic carbocycles. The SMILES string of the molecule is CCCCC(=O)NC1=NN(C(=O)CC)C(CCNS(C)(=O)=O)(c2ccccc2)S1. The van der Waals surface area contributed by atoms with Crippen molar-refractivity contribution in [2.24, 2.45) is 5.10 Å². The zero-order valence-corrected chi connectivity index (χ0v) is 18.6. The topological polar surface area (TPSA) is 108 Å². The summed E-state index contributed by atoms with van der Waals surface area (Å²) in [7, 11) is -3.38. The van der Waals surface area contributed by atoms with Gasteiger partial charge in [0.2, 0.25) is 21.8 Å². The molecule has 0 saturated heterocycles. The fourth-order valence-electron chi connectivity index (χ4n) is 2.96. The van der Waals surface area contributed by atoms with Crippen LogP contribution in [0.2, 0.25) is 0 Å². The first-order valence-corrected chi connectivity index (χ1v) is 12.3. The van der Waals surface area contributed by atoms with E-state index in [2.05, 4.69) is 15.1 Å². The molecule has 1 aromatic carbocycles. The van der Waals surface area contributed by atoms with E-state index < -0.39 is 14.9 Å². The van der Waals surface area contributed by atoms with E-state index in [0.29, 0.717) is 18.0 Å². The van der Waals surface area contributed by atoms with Crippen molar-refractivity contribution in [3.63, 3.8) is 0 Å². The molecule has 2 N–H and O–H groups in total. The van der Waals surface area contributed by atoms with Crippen LogP contribution in [0.3, 0.4) is 0 Å². The van der Waals surface area contributed by atoms with E-state index in [0.717, 1.165) is 24.7 Å². The lowest BCUT2D eigenvalue weighted by molar-refractivity contribution is -0.134. The number of hydrazone groups is 1. The van der Waals surface area contributed by atoms with Crippen LogP contribution in [-0.2, 0) is 24.5 Å². The van der Waals surface area contributed by atoms with Gasteiger partial charge in [0.1, 0.15) is 4.87 Å². The van der Waals surface area contributed by atoms with E-state index in [1.54, 1.807) is 6.92 Å². The van der Waals surface area contributed by atoms with Crippen LogP contribution in [0.25, 0.3) is 0 Å². The zero-order valence-electron chi connectivity index (χ0n) is 17.0. The summed E-state index contributed by atoms with van der Waals surface area (Å²) in [5, 5.41) is 8.93. The molecule has 1 aliphatic rings. The number of unbranched alkanes of at least 4 members (excludes halogenated alkanes) is 1. The molecule has 1 heterocycles. The lowest BCUT2D eigenvalue weighted by atomic mass is 10.0. The van der Waals surface area contributed by atoms with E-state index >= 15 is 0 Å². The van der Waals surface area contributed by atoms with E-state index in [1.807, 2.05) is 37.3 Å². The van der Waals surface area contributed by atoms with Crippen molar-refractivity contribution in [1.29, 1.82) is 0 Å². The molecule has 0 saturated carbocycles. The molecule has 0 bridgehead atoms. The van der Waals surface area contributed by atoms with Gasteiger partial charge in [-0.2, -0.15) is 0 Å². The Morgan fingerprint density at radius 1 is 1.21 bits per heavy atom. The minimum atomic E-state index is -3.38. The summed E-state index contributed by atoms with van der Waals surface area (Å²) in [6, 6.07) is 9.33. The monoisotopic (exact) mass is 440 g/mol. The highest BCUT2D eigenvalue weighted by Gasteiger charge is 2.48. The average Bonchev–Trinajstić information content (AvgIpc) is 3.04. The molecule has 2 rings (SSSR count). The van der Waals surface area contributed by atoms with Gasteiger partial charge < -0.3 is 5.32 Å². The Bertz CT molecular complexity index is 858. The van der Waals surface area contributed by atoms with Crippen molar-refractivity contribution in [2.75, 3.05) is 12.8 Å². The molecule has 1 aliphatic heterocycles. The summed E-state index contributed by atoms with van der Waals surface area (Å²) < 4.78 is 25.6. The number of thioether (sulfide) groups is 1. The summed E-state index contributed by atoms with van der Waals surface area (Å²) in [5.74, 6) is -0.362. The second-order valence-electron chi connectivity index (χ2n) is 6.78. The number of hydrogen-bond donors (Lipinski definition) is 2. The molecule has 0 spiro atoms. The number of hydrogen-bond acceptors (Lipinski definition) is 6. The number of nitrogens with one attached hydrogen (secondary N) is 2. The van der Waals surface area contributed by atoms with Gasteiger partial charge in [-0.3, -0.25) is 9.59 Å². The third kappa shape index (κ3) is 6.28. The minimum Gasteiger partial charge on any atom is -0.304 e. The van der Waals surface area contributed by atoms with Crippen LogP contribution in [-0.4, -0.2) is 43.2 Å². The van der Waals surface area contributed by atoms with Gasteiger partial charge in [0, 0.05) is 25.8 Å². The zero-order chi connectivity index (χ0) is 21.5. The predicted octanol–water partition coefficient (Wildman–Crippen LogP) is 2.34. The summed E-state index contributed by atoms with van der Waals surface area (Å²) in [6.45, 7) is 3.87. The predicted molar refractivity (Wildman–Crippen MR) is 115 cm³/mol. The number of amides is 2. The van der Waals surface area contributed by atoms with Crippen LogP contribution >= 0.6 is 11.8 Å². The highest BCUT2D eigenvalue weighted by molar-refractivity contribution is 8.14. The summed E-state index contributed by atoms with van der Waals surface area (Å²) in [6.07, 6.45) is 3.66. The quantitative estimate of drug-likeness (QED) is 0.613. The van der Waals surface area contributed by atoms with Crippen LogP contribution in [0.15, 0.2) is 35.4 Å². The Kier molecular flexibility index (Phi) is 8.23. The maximum absolute atomic E-state index is 12.7. The highest BCUT2D eigenvalue weighted by Crippen LogP contribution is 2.48. The van der Waals surface area contributed by atoms with Gasteiger partial charge in [-0.05, 0) is 12.0 Å². The average molecular weight is 441 g/mol. The Hall–Kier alpha value is -1.91. The van der Waals surface area contributed by atoms with Gasteiger partial charge in [-0.15, -0.1) is 5.10 Å². The third-order valence-electron chi connectivity index (χ3n) is 4.39. The Morgan fingerprint density at radius 2 is 1.90 bits per heavy atom. The van der Waals surface area contributed by atoms with Crippen LogP contribution in [0.1, 0.15) is 51.5 Å². The molecule has 160 valence electrons. The molecule has 8 nitrogen and oxygen atoms in total. The lowest BCUT2D eigenvalue weighted by Crippen LogP contribution is -2.43. The number of carbonyl (C=O) groups is 2. The third-order valence-corrected chi connectivity index (χ3v) is 6.45. The van der Waals surface area contributed by atoms with Crippen molar-refractivity contribution in [1.82, 2.24) is 15.0 Å². The Labute approximate surface area is 176 Å². The molecule has 10 heteroatoms. The number of rotatable bonds is 9. The number of benzene rings is 1. The van der Waals surface area contributed by atoms with E-state index in [1.165, 1.54) is 16.8 Å². The second kappa shape index (κ2) is 10.2. The Balaban J connectivity index is 2.36. The van der Waals surface area contributed by atoms with Crippen molar-refractivity contribution >= 4 is 38.8 Å². The summed E-state index contributed by atoms with van der Waals surface area (Å²) in [5.41, 5.74) is 0.809. The van der Waals surface area contributed by atoms with Crippen LogP contribution in [0, 0.1) is 0 Å². The molecule has 0 fully saturated rings. The normalized spacial score (nSPS) is 19.1. The first-order valence-electron chi connectivity index (χ1n) is 9.62. The number of carbonyl (C=O) groups excluding carboxylic acids is 2. The lowest BCUT2D eigenvalue weighted by Gasteiger charge is -2.35. The van der Waals surface area contributed by atoms with Gasteiger partial charge in [0.15, 0.2) is 5.17 Å². The standard InChI is InChI=1S/C19H28N4O4S2/c1-4-6-12-16(24)21-18-22-23(17(25)5-2)19(28-18,13-14-20-29(3,26)27)15-10-8-7-9-11-15/h7-11,20H,4-6,12-14H2,1-3H3,(H,21,22,24). The van der Waals surface area contributed by atoms with Gasteiger partial charge in [-0.25, -0.2) is 18.1 Å². The molecule has 1 aromatic rings. The summed E-state index contributed by atoms with van der Waals surface area (Å²) in [4.78, 5) is 24.0. The van der Waals surface area contributed by atoms with Gasteiger partial charge in [0.05, 0.1) is 6.26 Å². The maximum Gasteiger partial charge on any atom is 0.244 e. The highest BCUT2D eigenvalue weighted by atomic mass is 32.2. The number of sulfonamides is 1. The van der Waals surface area contributed by atoms with Gasteiger partial charge >= 0.3 is 0 Å². The first-order chi connectivity index (χ1) is 13.7. The molecule has 2 amide bonds. The molecular formula is C19H28N4O4S2. The summed E-state index contributed by atoms with van der Waals surface area (Å²) >= 11 is 1.26. The molecule has 29 heavy (non-hydrogen) atoms. The smallest absolute Gasteiger partial charge is 0.244 e. The van der Waals surface area contributed by atoms with Crippen molar-refractivity contribution < 1.29 is 18.0 Å². The van der Waals surface area contributed by atoms with Crippen LogP contribution < -0.4 is 10.0 Å². The fourth-order valence-corrected chi connectivity index (χ4v) is 4.73. The van der Waals surface area contributed by atoms with E-state index in [-0.39, 0.29) is 24.8 Å². The van der Waals surface area contributed by atoms with Gasteiger partial charge in [0.25, 0.3) is 0 Å². The van der Waals surface area contributed by atoms with Crippen molar-refractivity contribution in [2.45, 2.75) is 50.8 Å². The molecule has 0 aromatic heterocycles. The number of amidine groups is 1. The van der Waals surface area contributed by atoms with E-state index in [4.69, 9.17) is 0 Å². The second-order valence-corrected chi connectivity index (χ2v) is 9.88. The van der Waals surface area contributed by atoms with Crippen molar-refractivity contribution in [3.8, 4) is 0 Å². The molecule has 0 radical (unpaired) electrons. The first kappa shape index (κ1) is 23.4. The Morgan fingerprint density at radius 3 is 2.48 bits per heavy atom. The maximum atomic E-state index is 12.7. The minimum absolute atomic E-state index is 0.126. The van der Waals surface area contributed by atoms with E-state index in [9.17, 15) is 18.0 Å². The van der Waals surface area contributed by atoms with Crippen LogP contribution in [0.5, 0.6) is 0 Å². The van der Waals surface area contributed by atoms with Crippen LogP contribution in [0.4, 0.5) is 0 Å². The molecular weight excluding hydrogens is 412 g/mol. The molecule has 1 unspecified atom stereocenters. The largest absolute Gasteiger partial charge is 0.304 e. The van der Waals surface area contributed by atoms with Gasteiger partial charge in [-0.1, -0.05) is 62.4 Å². The van der Waals surface area contributed by atoms with Crippen molar-refractivity contribution in [3.05, 3.63) is 35.9 Å². The molecule has 1 atom stereocenters.